The van der Waals surface area contributed by atoms with Gasteiger partial charge in [0.15, 0.2) is 11.3 Å². The van der Waals surface area contributed by atoms with Crippen molar-refractivity contribution in [1.29, 1.82) is 0 Å². The molecule has 0 aliphatic carbocycles. The van der Waals surface area contributed by atoms with E-state index in [-0.39, 0.29) is 0 Å². The molecule has 0 amide bonds. The number of ether oxygens (including phenoxy) is 1. The van der Waals surface area contributed by atoms with Gasteiger partial charge in [-0.05, 0) is 54.4 Å². The first kappa shape index (κ1) is 17.3. The van der Waals surface area contributed by atoms with Gasteiger partial charge in [0.1, 0.15) is 5.75 Å². The Morgan fingerprint density at radius 1 is 1.00 bits per heavy atom. The van der Waals surface area contributed by atoms with Gasteiger partial charge in [0.25, 0.3) is 0 Å². The largest absolute Gasteiger partial charge is 0.497 e. The Labute approximate surface area is 167 Å². The number of benzene rings is 2. The van der Waals surface area contributed by atoms with E-state index in [2.05, 4.69) is 33.2 Å². The molecule has 0 aliphatic heterocycles. The first-order valence-corrected chi connectivity index (χ1v) is 9.38. The molecule has 0 saturated carbocycles. The second kappa shape index (κ2) is 6.98. The zero-order valence-electron chi connectivity index (χ0n) is 16.2. The van der Waals surface area contributed by atoms with Crippen LogP contribution in [0.1, 0.15) is 11.1 Å². The van der Waals surface area contributed by atoms with Crippen molar-refractivity contribution in [3.8, 4) is 17.0 Å². The second-order valence-electron chi connectivity index (χ2n) is 6.99. The summed E-state index contributed by atoms with van der Waals surface area (Å²) in [5.41, 5.74) is 6.51. The van der Waals surface area contributed by atoms with Gasteiger partial charge in [-0.3, -0.25) is 4.98 Å². The topological polar surface area (TPSA) is 65.7 Å². The summed E-state index contributed by atoms with van der Waals surface area (Å²) in [6, 6.07) is 16.3. The van der Waals surface area contributed by atoms with E-state index in [0.29, 0.717) is 12.2 Å². The van der Waals surface area contributed by atoms with Crippen LogP contribution in [0.15, 0.2) is 67.3 Å². The minimum atomic E-state index is 0.641. The Morgan fingerprint density at radius 3 is 2.79 bits per heavy atom. The molecular weight excluding hydrogens is 362 g/mol. The predicted molar refractivity (Wildman–Crippen MR) is 113 cm³/mol. The lowest BCUT2D eigenvalue weighted by atomic mass is 10.1. The zero-order chi connectivity index (χ0) is 19.8. The Morgan fingerprint density at radius 2 is 1.93 bits per heavy atom. The molecule has 0 N–H and O–H groups in total. The number of aromatic nitrogens is 5. The molecule has 0 spiro atoms. The maximum atomic E-state index is 5.31. The van der Waals surface area contributed by atoms with Gasteiger partial charge in [-0.15, -0.1) is 0 Å². The van der Waals surface area contributed by atoms with Gasteiger partial charge in [0.2, 0.25) is 0 Å². The van der Waals surface area contributed by atoms with Crippen LogP contribution in [0.4, 0.5) is 0 Å². The summed E-state index contributed by atoms with van der Waals surface area (Å²) in [5, 5.41) is 1.12. The number of fused-ring (bicyclic) bond motifs is 2. The third kappa shape index (κ3) is 3.18. The van der Waals surface area contributed by atoms with E-state index < -0.39 is 0 Å². The molecule has 142 valence electrons. The number of methoxy groups -OCH3 is 1. The summed E-state index contributed by atoms with van der Waals surface area (Å²) in [7, 11) is 1.67. The molecule has 0 radical (unpaired) electrons. The SMILES string of the molecule is COc1ccc(-c2cnc3ncn(Cc4ccc5ncccc5c4)c3n2)c(C)c1. The first-order chi connectivity index (χ1) is 14.2. The van der Waals surface area contributed by atoms with Gasteiger partial charge in [0.05, 0.1) is 37.4 Å². The molecule has 3 aromatic heterocycles. The molecule has 0 unspecified atom stereocenters. The number of pyridine rings is 1. The number of rotatable bonds is 4. The summed E-state index contributed by atoms with van der Waals surface area (Å²) in [6.07, 6.45) is 5.38. The monoisotopic (exact) mass is 381 g/mol. The number of imidazole rings is 1. The van der Waals surface area contributed by atoms with E-state index in [1.165, 1.54) is 0 Å². The van der Waals surface area contributed by atoms with Crippen LogP contribution >= 0.6 is 0 Å². The molecule has 2 aromatic carbocycles. The molecule has 5 aromatic rings. The number of nitrogens with zero attached hydrogens (tertiary/aromatic N) is 5. The minimum absolute atomic E-state index is 0.641. The highest BCUT2D eigenvalue weighted by atomic mass is 16.5. The summed E-state index contributed by atoms with van der Waals surface area (Å²) in [6.45, 7) is 2.71. The standard InChI is InChI=1S/C23H19N5O/c1-15-10-18(29-2)6-7-19(15)21-12-25-22-23(27-21)28(14-26-22)13-16-5-8-20-17(11-16)4-3-9-24-20/h3-12,14H,13H2,1-2H3. The minimum Gasteiger partial charge on any atom is -0.497 e. The van der Waals surface area contributed by atoms with Crippen LogP contribution in [0.5, 0.6) is 5.75 Å². The number of hydrogen-bond donors (Lipinski definition) is 0. The van der Waals surface area contributed by atoms with E-state index in [1.807, 2.05) is 48.0 Å². The van der Waals surface area contributed by atoms with Crippen molar-refractivity contribution in [3.63, 3.8) is 0 Å². The van der Waals surface area contributed by atoms with Crippen LogP contribution in [0, 0.1) is 6.92 Å². The number of aryl methyl sites for hydroxylation is 1. The summed E-state index contributed by atoms with van der Waals surface area (Å²) in [5.74, 6) is 0.830. The maximum Gasteiger partial charge on any atom is 0.197 e. The van der Waals surface area contributed by atoms with Crippen molar-refractivity contribution in [3.05, 3.63) is 78.4 Å². The summed E-state index contributed by atoms with van der Waals surface area (Å²) >= 11 is 0. The van der Waals surface area contributed by atoms with Crippen molar-refractivity contribution in [2.24, 2.45) is 0 Å². The molecule has 0 saturated heterocycles. The molecule has 5 rings (SSSR count). The molecular formula is C23H19N5O. The van der Waals surface area contributed by atoms with Gasteiger partial charge in [-0.1, -0.05) is 12.1 Å². The average molecular weight is 381 g/mol. The van der Waals surface area contributed by atoms with Crippen molar-refractivity contribution in [2.45, 2.75) is 13.5 Å². The van der Waals surface area contributed by atoms with E-state index >= 15 is 0 Å². The Bertz CT molecular complexity index is 1340. The second-order valence-corrected chi connectivity index (χ2v) is 6.99. The van der Waals surface area contributed by atoms with Crippen LogP contribution in [0.2, 0.25) is 0 Å². The van der Waals surface area contributed by atoms with Crippen molar-refractivity contribution in [1.82, 2.24) is 24.5 Å². The van der Waals surface area contributed by atoms with Crippen LogP contribution < -0.4 is 4.74 Å². The average Bonchev–Trinajstić information content (AvgIpc) is 3.15. The smallest absolute Gasteiger partial charge is 0.197 e. The van der Waals surface area contributed by atoms with Gasteiger partial charge < -0.3 is 9.30 Å². The van der Waals surface area contributed by atoms with E-state index in [9.17, 15) is 0 Å². The fraction of sp³-hybridized carbons (Fsp3) is 0.130. The molecule has 3 heterocycles. The Balaban J connectivity index is 1.54. The summed E-state index contributed by atoms with van der Waals surface area (Å²) < 4.78 is 7.34. The Kier molecular flexibility index (Phi) is 4.17. The number of hydrogen-bond acceptors (Lipinski definition) is 5. The van der Waals surface area contributed by atoms with Crippen LogP contribution in [-0.2, 0) is 6.54 Å². The lowest BCUT2D eigenvalue weighted by molar-refractivity contribution is 0.414. The molecule has 0 bridgehead atoms. The normalized spacial score (nSPS) is 11.2. The predicted octanol–water partition coefficient (Wildman–Crippen LogP) is 4.41. The van der Waals surface area contributed by atoms with Crippen LogP contribution in [0.3, 0.4) is 0 Å². The lowest BCUT2D eigenvalue weighted by Crippen LogP contribution is -2.01. The molecule has 6 nitrogen and oxygen atoms in total. The lowest BCUT2D eigenvalue weighted by Gasteiger charge is -2.09. The highest BCUT2D eigenvalue weighted by molar-refractivity contribution is 5.79. The molecule has 0 atom stereocenters. The highest BCUT2D eigenvalue weighted by Gasteiger charge is 2.11. The molecule has 0 aliphatic rings. The van der Waals surface area contributed by atoms with E-state index in [0.717, 1.165) is 44.7 Å². The fourth-order valence-corrected chi connectivity index (χ4v) is 3.55. The van der Waals surface area contributed by atoms with Gasteiger partial charge in [0, 0.05) is 17.1 Å². The van der Waals surface area contributed by atoms with Crippen molar-refractivity contribution >= 4 is 22.2 Å². The molecule has 6 heteroatoms. The van der Waals surface area contributed by atoms with Gasteiger partial charge in [-0.25, -0.2) is 15.0 Å². The zero-order valence-corrected chi connectivity index (χ0v) is 16.2. The van der Waals surface area contributed by atoms with E-state index in [4.69, 9.17) is 9.72 Å². The van der Waals surface area contributed by atoms with Crippen LogP contribution in [0.25, 0.3) is 33.5 Å². The van der Waals surface area contributed by atoms with Crippen molar-refractivity contribution in [2.75, 3.05) is 7.11 Å². The van der Waals surface area contributed by atoms with E-state index in [1.54, 1.807) is 19.6 Å². The maximum absolute atomic E-state index is 5.31. The molecule has 0 fully saturated rings. The summed E-state index contributed by atoms with van der Waals surface area (Å²) in [4.78, 5) is 18.2. The third-order valence-electron chi connectivity index (χ3n) is 5.06. The Hall–Kier alpha value is -3.80. The van der Waals surface area contributed by atoms with Gasteiger partial charge >= 0.3 is 0 Å². The quantitative estimate of drug-likeness (QED) is 0.461. The van der Waals surface area contributed by atoms with Crippen molar-refractivity contribution < 1.29 is 4.74 Å². The molecule has 29 heavy (non-hydrogen) atoms. The highest BCUT2D eigenvalue weighted by Crippen LogP contribution is 2.26. The third-order valence-corrected chi connectivity index (χ3v) is 5.06. The fourth-order valence-electron chi connectivity index (χ4n) is 3.55. The first-order valence-electron chi connectivity index (χ1n) is 9.38. The van der Waals surface area contributed by atoms with Gasteiger partial charge in [-0.2, -0.15) is 0 Å². The van der Waals surface area contributed by atoms with Crippen LogP contribution in [-0.4, -0.2) is 31.6 Å².